The summed E-state index contributed by atoms with van der Waals surface area (Å²) in [5.74, 6) is 0.770. The van der Waals surface area contributed by atoms with E-state index in [1.165, 1.54) is 36.7 Å². The summed E-state index contributed by atoms with van der Waals surface area (Å²) in [5.41, 5.74) is 0.665. The number of anilines is 1. The molecule has 0 spiro atoms. The van der Waals surface area contributed by atoms with E-state index in [0.717, 1.165) is 0 Å². The largest absolute Gasteiger partial charge is 0.497 e. The number of carbonyl (C=O) groups is 1. The number of ether oxygens (including phenoxy) is 2. The molecule has 3 rings (SSSR count). The summed E-state index contributed by atoms with van der Waals surface area (Å²) in [6.07, 6.45) is 0.100. The Morgan fingerprint density at radius 3 is 2.48 bits per heavy atom. The number of carbonyl (C=O) groups excluding carboxylic acids is 1. The Bertz CT molecular complexity index is 942. The van der Waals surface area contributed by atoms with E-state index in [0.29, 0.717) is 22.7 Å². The van der Waals surface area contributed by atoms with Crippen molar-refractivity contribution < 1.29 is 22.7 Å². The molecule has 2 aromatic rings. The summed E-state index contributed by atoms with van der Waals surface area (Å²) in [6.45, 7) is 0.0736. The molecule has 25 heavy (non-hydrogen) atoms. The standard InChI is InChI=1S/C17H16ClNO5S/c1-23-11-3-5-15-13(9-11)16(20)7-8-19(15)25(21,22)12-4-6-17(24-2)14(18)10-12/h3-6,9-10H,7-8H2,1-2H3. The van der Waals surface area contributed by atoms with Gasteiger partial charge >= 0.3 is 0 Å². The van der Waals surface area contributed by atoms with Crippen LogP contribution >= 0.6 is 11.6 Å². The number of halogens is 1. The highest BCUT2D eigenvalue weighted by molar-refractivity contribution is 7.92. The van der Waals surface area contributed by atoms with Crippen LogP contribution in [0.4, 0.5) is 5.69 Å². The maximum Gasteiger partial charge on any atom is 0.264 e. The van der Waals surface area contributed by atoms with Crippen LogP contribution in [0.3, 0.4) is 0 Å². The molecule has 0 saturated heterocycles. The molecular weight excluding hydrogens is 366 g/mol. The molecule has 0 bridgehead atoms. The fraction of sp³-hybridized carbons (Fsp3) is 0.235. The van der Waals surface area contributed by atoms with Crippen molar-refractivity contribution in [3.05, 3.63) is 47.0 Å². The van der Waals surface area contributed by atoms with Gasteiger partial charge in [0.05, 0.1) is 29.8 Å². The van der Waals surface area contributed by atoms with Gasteiger partial charge in [0.25, 0.3) is 10.0 Å². The van der Waals surface area contributed by atoms with E-state index in [2.05, 4.69) is 0 Å². The molecule has 0 fully saturated rings. The van der Waals surface area contributed by atoms with E-state index in [9.17, 15) is 13.2 Å². The molecule has 0 amide bonds. The summed E-state index contributed by atoms with van der Waals surface area (Å²) in [4.78, 5) is 12.2. The van der Waals surface area contributed by atoms with E-state index in [4.69, 9.17) is 21.1 Å². The number of fused-ring (bicyclic) bond motifs is 1. The van der Waals surface area contributed by atoms with Crippen LogP contribution in [0.5, 0.6) is 11.5 Å². The summed E-state index contributed by atoms with van der Waals surface area (Å²) in [5, 5.41) is 0.201. The normalized spacial score (nSPS) is 14.2. The summed E-state index contributed by atoms with van der Waals surface area (Å²) in [7, 11) is -0.923. The Morgan fingerprint density at radius 1 is 1.08 bits per heavy atom. The van der Waals surface area contributed by atoms with Crippen LogP contribution in [0, 0.1) is 0 Å². The van der Waals surface area contributed by atoms with Gasteiger partial charge in [0, 0.05) is 18.5 Å². The van der Waals surface area contributed by atoms with Gasteiger partial charge in [-0.1, -0.05) is 11.6 Å². The van der Waals surface area contributed by atoms with Gasteiger partial charge in [-0.15, -0.1) is 0 Å². The van der Waals surface area contributed by atoms with Crippen molar-refractivity contribution in [2.24, 2.45) is 0 Å². The number of ketones is 1. The number of rotatable bonds is 4. The second kappa shape index (κ2) is 6.57. The molecular formula is C17H16ClNO5S. The minimum absolute atomic E-state index is 0.0365. The highest BCUT2D eigenvalue weighted by Gasteiger charge is 2.33. The van der Waals surface area contributed by atoms with Crippen molar-refractivity contribution in [2.75, 3.05) is 25.1 Å². The molecule has 1 aliphatic rings. The Morgan fingerprint density at radius 2 is 1.84 bits per heavy atom. The van der Waals surface area contributed by atoms with Crippen LogP contribution < -0.4 is 13.8 Å². The number of hydrogen-bond donors (Lipinski definition) is 0. The first kappa shape index (κ1) is 17.6. The first-order valence-electron chi connectivity index (χ1n) is 7.46. The van der Waals surface area contributed by atoms with Gasteiger partial charge in [0.1, 0.15) is 11.5 Å². The van der Waals surface area contributed by atoms with Crippen LogP contribution in [-0.2, 0) is 10.0 Å². The fourth-order valence-corrected chi connectivity index (χ4v) is 4.56. The predicted octanol–water partition coefficient (Wildman–Crippen LogP) is 3.14. The SMILES string of the molecule is COc1ccc2c(c1)C(=O)CCN2S(=O)(=O)c1ccc(OC)c(Cl)c1. The van der Waals surface area contributed by atoms with Crippen LogP contribution in [0.2, 0.25) is 5.02 Å². The molecule has 1 aliphatic heterocycles. The average molecular weight is 382 g/mol. The number of methoxy groups -OCH3 is 2. The second-order valence-corrected chi connectivity index (χ2v) is 7.70. The first-order valence-corrected chi connectivity index (χ1v) is 9.28. The Hall–Kier alpha value is -2.25. The third-order valence-electron chi connectivity index (χ3n) is 4.03. The van der Waals surface area contributed by atoms with Gasteiger partial charge < -0.3 is 9.47 Å². The zero-order valence-corrected chi connectivity index (χ0v) is 15.2. The lowest BCUT2D eigenvalue weighted by Crippen LogP contribution is -2.37. The number of sulfonamides is 1. The molecule has 0 radical (unpaired) electrons. The van der Waals surface area contributed by atoms with Crippen molar-refractivity contribution in [3.8, 4) is 11.5 Å². The molecule has 0 unspecified atom stereocenters. The van der Waals surface area contributed by atoms with Gasteiger partial charge in [0.2, 0.25) is 0 Å². The topological polar surface area (TPSA) is 72.9 Å². The van der Waals surface area contributed by atoms with Gasteiger partial charge in [0.15, 0.2) is 5.78 Å². The third-order valence-corrected chi connectivity index (χ3v) is 6.13. The maximum absolute atomic E-state index is 13.0. The van der Waals surface area contributed by atoms with E-state index in [1.807, 2.05) is 0 Å². The number of benzene rings is 2. The number of Topliss-reactive ketones (excluding diaryl/α,β-unsaturated/α-hetero) is 1. The number of nitrogens with zero attached hydrogens (tertiary/aromatic N) is 1. The van der Waals surface area contributed by atoms with Crippen molar-refractivity contribution in [2.45, 2.75) is 11.3 Å². The second-order valence-electron chi connectivity index (χ2n) is 5.43. The molecule has 6 nitrogen and oxygen atoms in total. The Kier molecular flexibility index (Phi) is 4.62. The van der Waals surface area contributed by atoms with E-state index < -0.39 is 10.0 Å². The highest BCUT2D eigenvalue weighted by Crippen LogP contribution is 2.35. The van der Waals surface area contributed by atoms with Gasteiger partial charge in [-0.05, 0) is 36.4 Å². The van der Waals surface area contributed by atoms with Gasteiger partial charge in [-0.3, -0.25) is 9.10 Å². The summed E-state index contributed by atoms with van der Waals surface area (Å²) < 4.78 is 37.5. The Labute approximate surface area is 151 Å². The summed E-state index contributed by atoms with van der Waals surface area (Å²) in [6, 6.07) is 9.03. The minimum atomic E-state index is -3.87. The van der Waals surface area contributed by atoms with Crippen molar-refractivity contribution in [3.63, 3.8) is 0 Å². The minimum Gasteiger partial charge on any atom is -0.497 e. The highest BCUT2D eigenvalue weighted by atomic mass is 35.5. The summed E-state index contributed by atoms with van der Waals surface area (Å²) >= 11 is 6.06. The average Bonchev–Trinajstić information content (AvgIpc) is 2.61. The monoisotopic (exact) mass is 381 g/mol. The maximum atomic E-state index is 13.0. The van der Waals surface area contributed by atoms with Gasteiger partial charge in [-0.2, -0.15) is 0 Å². The quantitative estimate of drug-likeness (QED) is 0.813. The molecule has 0 atom stereocenters. The molecule has 0 saturated carbocycles. The van der Waals surface area contributed by atoms with E-state index >= 15 is 0 Å². The fourth-order valence-electron chi connectivity index (χ4n) is 2.73. The van der Waals surface area contributed by atoms with Crippen LogP contribution in [-0.4, -0.2) is 35.0 Å². The lowest BCUT2D eigenvalue weighted by atomic mass is 10.0. The molecule has 132 valence electrons. The van der Waals surface area contributed by atoms with Crippen molar-refractivity contribution in [1.29, 1.82) is 0 Å². The van der Waals surface area contributed by atoms with Crippen molar-refractivity contribution in [1.82, 2.24) is 0 Å². The molecule has 2 aromatic carbocycles. The van der Waals surface area contributed by atoms with E-state index in [-0.39, 0.29) is 28.7 Å². The third kappa shape index (κ3) is 3.05. The van der Waals surface area contributed by atoms with E-state index in [1.54, 1.807) is 18.2 Å². The lowest BCUT2D eigenvalue weighted by molar-refractivity contribution is 0.0981. The molecule has 1 heterocycles. The van der Waals surface area contributed by atoms with Gasteiger partial charge in [-0.25, -0.2) is 8.42 Å². The lowest BCUT2D eigenvalue weighted by Gasteiger charge is -2.30. The van der Waals surface area contributed by atoms with Crippen molar-refractivity contribution >= 4 is 33.1 Å². The zero-order valence-electron chi connectivity index (χ0n) is 13.7. The molecule has 0 N–H and O–H groups in total. The van der Waals surface area contributed by atoms with Crippen LogP contribution in [0.15, 0.2) is 41.3 Å². The number of hydrogen-bond acceptors (Lipinski definition) is 5. The molecule has 0 aromatic heterocycles. The first-order chi connectivity index (χ1) is 11.9. The van der Waals surface area contributed by atoms with Crippen LogP contribution in [0.25, 0.3) is 0 Å². The van der Waals surface area contributed by atoms with Crippen LogP contribution in [0.1, 0.15) is 16.8 Å². The molecule has 0 aliphatic carbocycles. The predicted molar refractivity (Wildman–Crippen MR) is 94.5 cm³/mol. The zero-order chi connectivity index (χ0) is 18.2. The molecule has 8 heteroatoms. The smallest absolute Gasteiger partial charge is 0.264 e. The Balaban J connectivity index is 2.09.